The smallest absolute Gasteiger partial charge is 0.270 e. The Morgan fingerprint density at radius 1 is 1.38 bits per heavy atom. The maximum Gasteiger partial charge on any atom is 0.270 e. The predicted octanol–water partition coefficient (Wildman–Crippen LogP) is -0.706. The fourth-order valence-corrected chi connectivity index (χ4v) is 3.89. The Hall–Kier alpha value is -3.50. The van der Waals surface area contributed by atoms with Crippen molar-refractivity contribution in [3.05, 3.63) is 39.9 Å². The maximum absolute atomic E-state index is 12.3. The summed E-state index contributed by atoms with van der Waals surface area (Å²) in [6.07, 6.45) is 0. The van der Waals surface area contributed by atoms with E-state index in [1.807, 2.05) is 12.1 Å². The maximum atomic E-state index is 12.3. The average Bonchev–Trinajstić information content (AvgIpc) is 3.14. The van der Waals surface area contributed by atoms with E-state index in [4.69, 9.17) is 5.73 Å². The molecule has 118 valence electrons. The molecule has 1 aromatic carbocycles. The number of nitrogens with one attached hydrogen (secondary N) is 2. The molecule has 0 spiro atoms. The Labute approximate surface area is 134 Å². The molecule has 4 rings (SSSR count). The van der Waals surface area contributed by atoms with E-state index in [1.165, 1.54) is 18.2 Å². The Balaban J connectivity index is 1.91. The zero-order chi connectivity index (χ0) is 17.3. The second-order valence-electron chi connectivity index (χ2n) is 5.95. The van der Waals surface area contributed by atoms with Crippen LogP contribution in [0.1, 0.15) is 5.56 Å². The highest BCUT2D eigenvalue weighted by Crippen LogP contribution is 2.76. The van der Waals surface area contributed by atoms with Crippen LogP contribution in [-0.2, 0) is 4.79 Å². The van der Waals surface area contributed by atoms with Gasteiger partial charge in [-0.3, -0.25) is 26.1 Å². The summed E-state index contributed by atoms with van der Waals surface area (Å²) in [7, 11) is 0. The number of hydrazone groups is 1. The van der Waals surface area contributed by atoms with Crippen LogP contribution in [0.3, 0.4) is 0 Å². The quantitative estimate of drug-likeness (QED) is 0.476. The van der Waals surface area contributed by atoms with Crippen molar-refractivity contribution in [1.29, 1.82) is 10.5 Å². The summed E-state index contributed by atoms with van der Waals surface area (Å²) < 4.78 is 0. The zero-order valence-electron chi connectivity index (χ0n) is 12.0. The molecule has 0 radical (unpaired) electrons. The second-order valence-corrected chi connectivity index (χ2v) is 5.95. The van der Waals surface area contributed by atoms with Crippen LogP contribution in [0.15, 0.2) is 29.4 Å². The van der Waals surface area contributed by atoms with E-state index in [-0.39, 0.29) is 11.4 Å². The van der Waals surface area contributed by atoms with Crippen molar-refractivity contribution in [3.8, 4) is 12.1 Å². The van der Waals surface area contributed by atoms with Gasteiger partial charge in [0.15, 0.2) is 10.8 Å². The fourth-order valence-electron chi connectivity index (χ4n) is 3.89. The number of rotatable bonds is 2. The van der Waals surface area contributed by atoms with Gasteiger partial charge in [-0.05, 0) is 0 Å². The lowest BCUT2D eigenvalue weighted by molar-refractivity contribution is -0.384. The summed E-state index contributed by atoms with van der Waals surface area (Å²) in [5.41, 5.74) is 5.86. The summed E-state index contributed by atoms with van der Waals surface area (Å²) in [5, 5.41) is 36.7. The third kappa shape index (κ3) is 1.17. The van der Waals surface area contributed by atoms with Crippen LogP contribution in [0.2, 0.25) is 0 Å². The number of fused-ring (bicyclic) bond motifs is 1. The Kier molecular flexibility index (Phi) is 2.28. The molecule has 24 heavy (non-hydrogen) atoms. The number of benzene rings is 1. The molecule has 4 unspecified atom stereocenters. The molecule has 1 aliphatic carbocycles. The van der Waals surface area contributed by atoms with Crippen molar-refractivity contribution in [3.63, 3.8) is 0 Å². The number of nitriles is 2. The SMILES string of the molecule is N#CC12C(=O)NC3(N)NN=C(c4cccc([N+](=O)[O-])c4)C1C32C#N. The molecule has 0 aromatic heterocycles. The van der Waals surface area contributed by atoms with Gasteiger partial charge in [0, 0.05) is 17.7 Å². The number of nitrogens with two attached hydrogens (primary N) is 1. The van der Waals surface area contributed by atoms with Gasteiger partial charge in [0.05, 0.1) is 28.7 Å². The number of amides is 1. The molecular formula is C14H9N7O3. The summed E-state index contributed by atoms with van der Waals surface area (Å²) in [6.45, 7) is 0. The van der Waals surface area contributed by atoms with E-state index in [1.54, 1.807) is 6.07 Å². The van der Waals surface area contributed by atoms with Gasteiger partial charge in [-0.15, -0.1) is 0 Å². The first-order chi connectivity index (χ1) is 11.4. The van der Waals surface area contributed by atoms with Crippen LogP contribution in [0.4, 0.5) is 5.69 Å². The Morgan fingerprint density at radius 2 is 2.12 bits per heavy atom. The largest absolute Gasteiger partial charge is 0.317 e. The summed E-state index contributed by atoms with van der Waals surface area (Å²) in [6, 6.07) is 9.56. The standard InChI is InChI=1S/C14H9N7O3/c15-5-12-10-9(7-2-1-3-8(4-7)21(23)24)19-20-14(17,18-11(12)22)13(10,12)6-16/h1-4,10,20H,17H2,(H,18,22). The number of hydrogen-bond donors (Lipinski definition) is 3. The number of nitrogens with zero attached hydrogens (tertiary/aromatic N) is 4. The molecule has 1 saturated carbocycles. The highest BCUT2D eigenvalue weighted by atomic mass is 16.6. The number of non-ortho nitro benzene ring substituents is 1. The number of carbonyl (C=O) groups excluding carboxylic acids is 1. The molecule has 0 bridgehead atoms. The molecule has 2 aliphatic heterocycles. The van der Waals surface area contributed by atoms with E-state index < -0.39 is 33.4 Å². The van der Waals surface area contributed by atoms with Crippen LogP contribution >= 0.6 is 0 Å². The summed E-state index contributed by atoms with van der Waals surface area (Å²) in [5.74, 6) is -3.16. The fraction of sp³-hybridized carbons (Fsp3) is 0.286. The molecule has 3 aliphatic rings. The van der Waals surface area contributed by atoms with Crippen LogP contribution < -0.4 is 16.5 Å². The average molecular weight is 323 g/mol. The van der Waals surface area contributed by atoms with Gasteiger partial charge in [0.2, 0.25) is 11.7 Å². The predicted molar refractivity (Wildman–Crippen MR) is 77.4 cm³/mol. The molecule has 1 amide bonds. The van der Waals surface area contributed by atoms with Gasteiger partial charge in [-0.2, -0.15) is 15.6 Å². The lowest BCUT2D eigenvalue weighted by Crippen LogP contribution is -2.68. The van der Waals surface area contributed by atoms with Crippen LogP contribution in [0, 0.1) is 49.5 Å². The second kappa shape index (κ2) is 3.88. The van der Waals surface area contributed by atoms with Crippen molar-refractivity contribution in [1.82, 2.24) is 10.7 Å². The van der Waals surface area contributed by atoms with Crippen LogP contribution in [-0.4, -0.2) is 22.3 Å². The van der Waals surface area contributed by atoms with Gasteiger partial charge in [-0.1, -0.05) is 12.1 Å². The third-order valence-corrected chi connectivity index (χ3v) is 5.03. The summed E-state index contributed by atoms with van der Waals surface area (Å²) >= 11 is 0. The number of nitro groups is 1. The van der Waals surface area contributed by atoms with E-state index in [0.717, 1.165) is 0 Å². The normalized spacial score (nSPS) is 37.9. The topological polar surface area (TPSA) is 170 Å². The van der Waals surface area contributed by atoms with E-state index in [0.29, 0.717) is 5.56 Å². The highest BCUT2D eigenvalue weighted by Gasteiger charge is 2.96. The van der Waals surface area contributed by atoms with E-state index >= 15 is 0 Å². The first-order valence-corrected chi connectivity index (χ1v) is 6.91. The van der Waals surface area contributed by atoms with Gasteiger partial charge < -0.3 is 5.32 Å². The molecule has 1 saturated heterocycles. The lowest BCUT2D eigenvalue weighted by Gasteiger charge is -2.34. The monoisotopic (exact) mass is 323 g/mol. The number of piperidine rings is 1. The number of nitro benzene ring substituents is 1. The van der Waals surface area contributed by atoms with Gasteiger partial charge >= 0.3 is 0 Å². The zero-order valence-corrected chi connectivity index (χ0v) is 12.0. The van der Waals surface area contributed by atoms with E-state index in [9.17, 15) is 25.4 Å². The minimum absolute atomic E-state index is 0.160. The van der Waals surface area contributed by atoms with Crippen molar-refractivity contribution in [2.45, 2.75) is 5.79 Å². The lowest BCUT2D eigenvalue weighted by atomic mass is 9.90. The molecule has 2 fully saturated rings. The van der Waals surface area contributed by atoms with Crippen molar-refractivity contribution in [2.75, 3.05) is 0 Å². The number of carbonyl (C=O) groups is 1. The van der Waals surface area contributed by atoms with Gasteiger partial charge in [0.1, 0.15) is 0 Å². The molecule has 10 nitrogen and oxygen atoms in total. The number of hydrogen-bond acceptors (Lipinski definition) is 8. The first kappa shape index (κ1) is 14.1. The van der Waals surface area contributed by atoms with Crippen molar-refractivity contribution >= 4 is 17.3 Å². The molecule has 4 atom stereocenters. The molecular weight excluding hydrogens is 314 g/mol. The Bertz CT molecular complexity index is 944. The molecule has 4 N–H and O–H groups in total. The van der Waals surface area contributed by atoms with E-state index in [2.05, 4.69) is 15.8 Å². The molecule has 10 heteroatoms. The molecule has 2 heterocycles. The van der Waals surface area contributed by atoms with Gasteiger partial charge in [-0.25, -0.2) is 0 Å². The molecule has 1 aromatic rings. The van der Waals surface area contributed by atoms with Gasteiger partial charge in [0.25, 0.3) is 5.69 Å². The van der Waals surface area contributed by atoms with Crippen LogP contribution in [0.5, 0.6) is 0 Å². The summed E-state index contributed by atoms with van der Waals surface area (Å²) in [4.78, 5) is 22.7. The minimum Gasteiger partial charge on any atom is -0.317 e. The van der Waals surface area contributed by atoms with Crippen molar-refractivity contribution in [2.24, 2.45) is 27.6 Å². The highest BCUT2D eigenvalue weighted by molar-refractivity contribution is 6.15. The minimum atomic E-state index is -1.66. The first-order valence-electron chi connectivity index (χ1n) is 6.91. The Morgan fingerprint density at radius 3 is 2.75 bits per heavy atom. The van der Waals surface area contributed by atoms with Crippen molar-refractivity contribution < 1.29 is 9.72 Å². The van der Waals surface area contributed by atoms with Crippen LogP contribution in [0.25, 0.3) is 0 Å². The third-order valence-electron chi connectivity index (χ3n) is 5.03.